The Balaban J connectivity index is 1.48. The average molecular weight is 448 g/mol. The van der Waals surface area contributed by atoms with Gasteiger partial charge in [0.25, 0.3) is 5.91 Å². The molecule has 1 aromatic carbocycles. The number of hydrogen-bond donors (Lipinski definition) is 1. The lowest BCUT2D eigenvalue weighted by Crippen LogP contribution is -2.50. The highest BCUT2D eigenvalue weighted by atomic mass is 32.2. The van der Waals surface area contributed by atoms with Crippen molar-refractivity contribution >= 4 is 27.3 Å². The number of carbonyl (C=O) groups excluding carboxylic acids is 1. The highest BCUT2D eigenvalue weighted by Gasteiger charge is 2.33. The molecule has 0 radical (unpaired) electrons. The van der Waals surface area contributed by atoms with Crippen LogP contribution >= 0.6 is 11.3 Å². The van der Waals surface area contributed by atoms with Crippen LogP contribution in [0.4, 0.5) is 0 Å². The van der Waals surface area contributed by atoms with Crippen LogP contribution in [0.3, 0.4) is 0 Å². The second-order valence-electron chi connectivity index (χ2n) is 7.07. The van der Waals surface area contributed by atoms with Gasteiger partial charge in [0.15, 0.2) is 5.69 Å². The van der Waals surface area contributed by atoms with Crippen molar-refractivity contribution in [3.8, 4) is 16.5 Å². The van der Waals surface area contributed by atoms with Crippen LogP contribution in [-0.2, 0) is 10.0 Å². The lowest BCUT2D eigenvalue weighted by Gasteiger charge is -2.33. The van der Waals surface area contributed by atoms with Crippen molar-refractivity contribution in [3.05, 3.63) is 52.7 Å². The molecule has 0 unspecified atom stereocenters. The van der Waals surface area contributed by atoms with E-state index >= 15 is 0 Å². The van der Waals surface area contributed by atoms with Crippen LogP contribution < -0.4 is 0 Å². The normalized spacial score (nSPS) is 15.5. The number of sulfonamides is 1. The van der Waals surface area contributed by atoms with Crippen LogP contribution in [0.5, 0.6) is 5.75 Å². The van der Waals surface area contributed by atoms with Gasteiger partial charge in [-0.25, -0.2) is 13.4 Å². The number of aromatic hydroxyl groups is 1. The molecule has 2 aromatic heterocycles. The number of phenols is 1. The first kappa shape index (κ1) is 20.6. The minimum Gasteiger partial charge on any atom is -0.507 e. The summed E-state index contributed by atoms with van der Waals surface area (Å²) < 4.78 is 32.8. The van der Waals surface area contributed by atoms with Crippen molar-refractivity contribution in [3.63, 3.8) is 0 Å². The summed E-state index contributed by atoms with van der Waals surface area (Å²) in [6.07, 6.45) is 0. The maximum Gasteiger partial charge on any atom is 0.276 e. The molecule has 1 N–H and O–H groups in total. The van der Waals surface area contributed by atoms with E-state index in [-0.39, 0.29) is 48.4 Å². The largest absolute Gasteiger partial charge is 0.507 e. The van der Waals surface area contributed by atoms with E-state index in [1.165, 1.54) is 27.8 Å². The van der Waals surface area contributed by atoms with Crippen molar-refractivity contribution in [2.45, 2.75) is 18.7 Å². The zero-order chi connectivity index (χ0) is 21.5. The molecule has 3 heterocycles. The Labute approximate surface area is 178 Å². The number of rotatable bonds is 4. The fourth-order valence-electron chi connectivity index (χ4n) is 3.35. The number of aromatic nitrogens is 1. The maximum absolute atomic E-state index is 12.9. The Morgan fingerprint density at radius 2 is 1.90 bits per heavy atom. The van der Waals surface area contributed by atoms with E-state index < -0.39 is 10.0 Å². The van der Waals surface area contributed by atoms with Crippen molar-refractivity contribution < 1.29 is 22.7 Å². The molecule has 1 amide bonds. The number of phenolic OH excluding ortho intramolecular Hbond substituents is 1. The first-order valence-corrected chi connectivity index (χ1v) is 11.7. The summed E-state index contributed by atoms with van der Waals surface area (Å²) >= 11 is 1.47. The summed E-state index contributed by atoms with van der Waals surface area (Å²) in [4.78, 5) is 19.6. The standard InChI is InChI=1S/C20H21N3O5S2/c1-13-5-6-15(24)17(12-13)30(26,27)23-9-7-22(8-10-23)20(25)18-14(2)28-19(21-18)16-4-3-11-29-16/h3-6,11-12,24H,7-10H2,1-2H3. The Morgan fingerprint density at radius 3 is 2.57 bits per heavy atom. The van der Waals surface area contributed by atoms with Crippen LogP contribution in [0.2, 0.25) is 0 Å². The van der Waals surface area contributed by atoms with E-state index in [0.717, 1.165) is 10.4 Å². The third-order valence-electron chi connectivity index (χ3n) is 4.99. The predicted molar refractivity (Wildman–Crippen MR) is 112 cm³/mol. The minimum absolute atomic E-state index is 0.116. The number of amides is 1. The number of piperazine rings is 1. The number of hydrogen-bond acceptors (Lipinski definition) is 7. The van der Waals surface area contributed by atoms with Crippen LogP contribution in [-0.4, -0.2) is 59.8 Å². The third kappa shape index (κ3) is 3.73. The number of nitrogens with zero attached hydrogens (tertiary/aromatic N) is 3. The summed E-state index contributed by atoms with van der Waals surface area (Å²) in [7, 11) is -3.85. The third-order valence-corrected chi connectivity index (χ3v) is 7.78. The lowest BCUT2D eigenvalue weighted by atomic mass is 10.2. The number of oxazole rings is 1. The Hall–Kier alpha value is -2.69. The second-order valence-corrected chi connectivity index (χ2v) is 9.92. The van der Waals surface area contributed by atoms with E-state index in [1.54, 1.807) is 24.8 Å². The van der Waals surface area contributed by atoms with Crippen LogP contribution in [0.25, 0.3) is 10.8 Å². The van der Waals surface area contributed by atoms with Crippen molar-refractivity contribution in [2.75, 3.05) is 26.2 Å². The van der Waals surface area contributed by atoms with Gasteiger partial charge in [0.05, 0.1) is 4.88 Å². The summed E-state index contributed by atoms with van der Waals surface area (Å²) in [5.74, 6) is 0.276. The van der Waals surface area contributed by atoms with Crippen molar-refractivity contribution in [2.24, 2.45) is 0 Å². The second kappa shape index (κ2) is 7.86. The molecular weight excluding hydrogens is 426 g/mol. The molecule has 1 saturated heterocycles. The summed E-state index contributed by atoms with van der Waals surface area (Å²) in [5, 5.41) is 11.9. The monoisotopic (exact) mass is 447 g/mol. The lowest BCUT2D eigenvalue weighted by molar-refractivity contribution is 0.0690. The zero-order valence-corrected chi connectivity index (χ0v) is 18.2. The molecule has 158 valence electrons. The molecule has 0 saturated carbocycles. The van der Waals surface area contributed by atoms with Gasteiger partial charge >= 0.3 is 0 Å². The number of carbonyl (C=O) groups is 1. The molecule has 4 rings (SSSR count). The Bertz CT molecular complexity index is 1180. The molecule has 0 bridgehead atoms. The van der Waals surface area contributed by atoms with Gasteiger partial charge < -0.3 is 14.4 Å². The maximum atomic E-state index is 12.9. The van der Waals surface area contributed by atoms with Gasteiger partial charge in [0.1, 0.15) is 16.4 Å². The fraction of sp³-hybridized carbons (Fsp3) is 0.300. The SMILES string of the molecule is Cc1ccc(O)c(S(=O)(=O)N2CCN(C(=O)c3nc(-c4cccs4)oc3C)CC2)c1. The highest BCUT2D eigenvalue weighted by Crippen LogP contribution is 2.29. The van der Waals surface area contributed by atoms with Crippen molar-refractivity contribution in [1.82, 2.24) is 14.2 Å². The molecule has 1 aliphatic heterocycles. The predicted octanol–water partition coefficient (Wildman–Crippen LogP) is 2.87. The van der Waals surface area contributed by atoms with Gasteiger partial charge in [-0.15, -0.1) is 11.3 Å². The summed E-state index contributed by atoms with van der Waals surface area (Å²) in [5.41, 5.74) is 0.981. The Morgan fingerprint density at radius 1 is 1.17 bits per heavy atom. The molecule has 1 aliphatic rings. The van der Waals surface area contributed by atoms with E-state index in [4.69, 9.17) is 4.42 Å². The van der Waals surface area contributed by atoms with Gasteiger partial charge in [-0.1, -0.05) is 12.1 Å². The van der Waals surface area contributed by atoms with Gasteiger partial charge in [0, 0.05) is 26.2 Å². The molecule has 0 atom stereocenters. The van der Waals surface area contributed by atoms with Gasteiger partial charge in [-0.3, -0.25) is 4.79 Å². The highest BCUT2D eigenvalue weighted by molar-refractivity contribution is 7.89. The van der Waals surface area contributed by atoms with Crippen LogP contribution in [0.15, 0.2) is 45.0 Å². The first-order valence-electron chi connectivity index (χ1n) is 9.37. The quantitative estimate of drug-likeness (QED) is 0.660. The van der Waals surface area contributed by atoms with E-state index in [1.807, 2.05) is 17.5 Å². The van der Waals surface area contributed by atoms with Crippen molar-refractivity contribution in [1.29, 1.82) is 0 Å². The van der Waals surface area contributed by atoms with Gasteiger partial charge in [0.2, 0.25) is 15.9 Å². The molecule has 0 spiro atoms. The molecule has 30 heavy (non-hydrogen) atoms. The smallest absolute Gasteiger partial charge is 0.276 e. The van der Waals surface area contributed by atoms with Gasteiger partial charge in [-0.05, 0) is 43.0 Å². The number of thiophene rings is 1. The van der Waals surface area contributed by atoms with Crippen LogP contribution in [0, 0.1) is 13.8 Å². The molecular formula is C20H21N3O5S2. The summed E-state index contributed by atoms with van der Waals surface area (Å²) in [6.45, 7) is 4.18. The topological polar surface area (TPSA) is 104 Å². The zero-order valence-electron chi connectivity index (χ0n) is 16.5. The first-order chi connectivity index (χ1) is 14.3. The van der Waals surface area contributed by atoms with Crippen LogP contribution in [0.1, 0.15) is 21.8 Å². The fourth-order valence-corrected chi connectivity index (χ4v) is 5.59. The molecule has 0 aliphatic carbocycles. The molecule has 10 heteroatoms. The minimum atomic E-state index is -3.85. The molecule has 8 nitrogen and oxygen atoms in total. The molecule has 3 aromatic rings. The van der Waals surface area contributed by atoms with E-state index in [2.05, 4.69) is 4.98 Å². The van der Waals surface area contributed by atoms with Gasteiger partial charge in [-0.2, -0.15) is 4.31 Å². The van der Waals surface area contributed by atoms with E-state index in [9.17, 15) is 18.3 Å². The summed E-state index contributed by atoms with van der Waals surface area (Å²) in [6, 6.07) is 8.23. The number of benzene rings is 1. The Kier molecular flexibility index (Phi) is 5.39. The average Bonchev–Trinajstić information content (AvgIpc) is 3.39. The number of aryl methyl sites for hydroxylation is 2. The molecule has 1 fully saturated rings. The van der Waals surface area contributed by atoms with E-state index in [0.29, 0.717) is 11.7 Å².